The molecule has 2 N–H and O–H groups in total. The van der Waals surface area contributed by atoms with Crippen LogP contribution in [0.5, 0.6) is 5.75 Å². The number of esters is 1. The number of benzene rings is 1. The van der Waals surface area contributed by atoms with Crippen LogP contribution in [0.25, 0.3) is 0 Å². The van der Waals surface area contributed by atoms with Crippen molar-refractivity contribution < 1.29 is 49.7 Å². The Labute approximate surface area is 104 Å². The van der Waals surface area contributed by atoms with Gasteiger partial charge in [-0.15, -0.1) is 0 Å². The summed E-state index contributed by atoms with van der Waals surface area (Å²) in [5.41, 5.74) is 0.453. The molecule has 0 amide bonds. The monoisotopic (exact) mass is 206 g/mol. The standard InChI is InChI=1S/C9H10O3.Na.H2O/c1-2-12-9(11)7-3-5-8(10)6-4-7;;/h3-6,10H,2H2,1H3;;1H2/q;+1;/p-1. The molecule has 0 spiro atoms. The van der Waals surface area contributed by atoms with Crippen LogP contribution < -0.4 is 29.6 Å². The Morgan fingerprint density at radius 3 is 2.29 bits per heavy atom. The predicted octanol–water partition coefficient (Wildman–Crippen LogP) is -1.60. The van der Waals surface area contributed by atoms with Crippen molar-refractivity contribution in [3.8, 4) is 5.75 Å². The van der Waals surface area contributed by atoms with Crippen LogP contribution in [0.2, 0.25) is 0 Å². The molecular weight excluding hydrogens is 195 g/mol. The minimum Gasteiger partial charge on any atom is -0.870 e. The van der Waals surface area contributed by atoms with Crippen LogP contribution in [0.1, 0.15) is 17.3 Å². The topological polar surface area (TPSA) is 76.5 Å². The molecule has 0 aromatic heterocycles. The van der Waals surface area contributed by atoms with Gasteiger partial charge in [0.05, 0.1) is 12.2 Å². The van der Waals surface area contributed by atoms with E-state index in [0.717, 1.165) is 0 Å². The molecule has 1 rings (SSSR count). The summed E-state index contributed by atoms with van der Waals surface area (Å²) in [6.07, 6.45) is 0. The Hall–Kier alpha value is -0.550. The number of phenols is 1. The van der Waals surface area contributed by atoms with E-state index in [2.05, 4.69) is 0 Å². The molecule has 5 heteroatoms. The maximum atomic E-state index is 11.1. The molecule has 0 radical (unpaired) electrons. The van der Waals surface area contributed by atoms with Crippen LogP contribution in [-0.2, 0) is 4.74 Å². The van der Waals surface area contributed by atoms with Crippen LogP contribution in [0.15, 0.2) is 24.3 Å². The van der Waals surface area contributed by atoms with Gasteiger partial charge in [0.15, 0.2) is 0 Å². The molecule has 1 aromatic carbocycles. The van der Waals surface area contributed by atoms with Gasteiger partial charge in [0, 0.05) is 0 Å². The van der Waals surface area contributed by atoms with Crippen molar-refractivity contribution in [3.63, 3.8) is 0 Å². The van der Waals surface area contributed by atoms with Crippen molar-refractivity contribution in [1.29, 1.82) is 0 Å². The summed E-state index contributed by atoms with van der Waals surface area (Å²) in [6, 6.07) is 5.94. The average Bonchev–Trinajstić information content (AvgIpc) is 2.06. The Morgan fingerprint density at radius 2 is 1.86 bits per heavy atom. The normalized spacial score (nSPS) is 8.07. The van der Waals surface area contributed by atoms with Gasteiger partial charge in [-0.05, 0) is 31.2 Å². The Bertz CT molecular complexity index is 271. The van der Waals surface area contributed by atoms with Crippen LogP contribution in [0, 0.1) is 0 Å². The first-order valence-corrected chi connectivity index (χ1v) is 3.70. The van der Waals surface area contributed by atoms with E-state index in [1.807, 2.05) is 0 Å². The zero-order valence-corrected chi connectivity index (χ0v) is 10.2. The number of aromatic hydroxyl groups is 1. The molecule has 0 atom stereocenters. The molecule has 0 aliphatic rings. The van der Waals surface area contributed by atoms with Crippen molar-refractivity contribution in [3.05, 3.63) is 29.8 Å². The predicted molar refractivity (Wildman–Crippen MR) is 46.0 cm³/mol. The number of ether oxygens (including phenoxy) is 1. The number of carbonyl (C=O) groups is 1. The second-order valence-corrected chi connectivity index (χ2v) is 2.27. The third kappa shape index (κ3) is 4.62. The number of rotatable bonds is 2. The molecule has 72 valence electrons. The summed E-state index contributed by atoms with van der Waals surface area (Å²) in [6.45, 7) is 2.11. The van der Waals surface area contributed by atoms with Crippen LogP contribution >= 0.6 is 0 Å². The number of hydrogen-bond acceptors (Lipinski definition) is 4. The fraction of sp³-hybridized carbons (Fsp3) is 0.222. The fourth-order valence-electron chi connectivity index (χ4n) is 0.812. The molecule has 0 saturated heterocycles. The van der Waals surface area contributed by atoms with E-state index >= 15 is 0 Å². The van der Waals surface area contributed by atoms with Gasteiger partial charge in [-0.1, -0.05) is 0 Å². The zero-order chi connectivity index (χ0) is 8.97. The van der Waals surface area contributed by atoms with E-state index in [0.29, 0.717) is 12.2 Å². The molecule has 0 unspecified atom stereocenters. The molecule has 4 nitrogen and oxygen atoms in total. The molecule has 14 heavy (non-hydrogen) atoms. The maximum absolute atomic E-state index is 11.1. The van der Waals surface area contributed by atoms with Crippen molar-refractivity contribution in [1.82, 2.24) is 0 Å². The molecular formula is C9H11NaO4. The van der Waals surface area contributed by atoms with Gasteiger partial charge in [-0.2, -0.15) is 0 Å². The maximum Gasteiger partial charge on any atom is 1.00 e. The summed E-state index contributed by atoms with van der Waals surface area (Å²) in [7, 11) is 0. The quantitative estimate of drug-likeness (QED) is 0.467. The van der Waals surface area contributed by atoms with Gasteiger partial charge in [0.1, 0.15) is 5.75 Å². The van der Waals surface area contributed by atoms with Crippen LogP contribution in [-0.4, -0.2) is 23.2 Å². The Morgan fingerprint density at radius 1 is 1.36 bits per heavy atom. The van der Waals surface area contributed by atoms with Crippen LogP contribution in [0.4, 0.5) is 0 Å². The number of carbonyl (C=O) groups excluding carboxylic acids is 1. The molecule has 0 aliphatic heterocycles. The first kappa shape index (κ1) is 15.9. The van der Waals surface area contributed by atoms with Gasteiger partial charge in [0.2, 0.25) is 0 Å². The minimum atomic E-state index is -0.363. The van der Waals surface area contributed by atoms with E-state index in [9.17, 15) is 4.79 Å². The third-order valence-electron chi connectivity index (χ3n) is 1.38. The zero-order valence-electron chi connectivity index (χ0n) is 8.23. The second-order valence-electron chi connectivity index (χ2n) is 2.27. The molecule has 0 aliphatic carbocycles. The molecule has 0 fully saturated rings. The summed E-state index contributed by atoms with van der Waals surface area (Å²) in [4.78, 5) is 11.1. The largest absolute Gasteiger partial charge is 1.00 e. The van der Waals surface area contributed by atoms with E-state index in [1.165, 1.54) is 24.3 Å². The molecule has 1 aromatic rings. The first-order valence-electron chi connectivity index (χ1n) is 3.70. The van der Waals surface area contributed by atoms with Crippen LogP contribution in [0.3, 0.4) is 0 Å². The second kappa shape index (κ2) is 7.82. The Kier molecular flexibility index (Phi) is 8.88. The van der Waals surface area contributed by atoms with E-state index in [-0.39, 0.29) is 46.8 Å². The van der Waals surface area contributed by atoms with E-state index in [1.54, 1.807) is 6.92 Å². The minimum absolute atomic E-state index is 0. The number of phenolic OH excluding ortho intramolecular Hbond substituents is 1. The molecule has 0 bridgehead atoms. The molecule has 0 saturated carbocycles. The number of hydrogen-bond donors (Lipinski definition) is 1. The average molecular weight is 206 g/mol. The summed E-state index contributed by atoms with van der Waals surface area (Å²) in [5, 5.41) is 8.92. The summed E-state index contributed by atoms with van der Waals surface area (Å²) < 4.78 is 4.75. The van der Waals surface area contributed by atoms with Crippen molar-refractivity contribution in [2.24, 2.45) is 0 Å². The van der Waals surface area contributed by atoms with E-state index in [4.69, 9.17) is 9.84 Å². The van der Waals surface area contributed by atoms with Gasteiger partial charge < -0.3 is 15.3 Å². The first-order chi connectivity index (χ1) is 5.74. The molecule has 0 heterocycles. The van der Waals surface area contributed by atoms with Crippen molar-refractivity contribution >= 4 is 5.97 Å². The SMILES string of the molecule is CCOC(=O)c1ccc(O)cc1.[Na+].[OH-]. The van der Waals surface area contributed by atoms with Gasteiger partial charge in [-0.25, -0.2) is 4.79 Å². The third-order valence-corrected chi connectivity index (χ3v) is 1.38. The van der Waals surface area contributed by atoms with Gasteiger partial charge in [0.25, 0.3) is 0 Å². The summed E-state index contributed by atoms with van der Waals surface area (Å²) >= 11 is 0. The smallest absolute Gasteiger partial charge is 0.870 e. The van der Waals surface area contributed by atoms with Crippen molar-refractivity contribution in [2.45, 2.75) is 6.92 Å². The fourth-order valence-corrected chi connectivity index (χ4v) is 0.812. The van der Waals surface area contributed by atoms with Crippen molar-refractivity contribution in [2.75, 3.05) is 6.61 Å². The van der Waals surface area contributed by atoms with E-state index < -0.39 is 0 Å². The Balaban J connectivity index is 0. The summed E-state index contributed by atoms with van der Waals surface area (Å²) in [5.74, 6) is -0.222. The van der Waals surface area contributed by atoms with Gasteiger partial charge in [-0.3, -0.25) is 0 Å². The van der Waals surface area contributed by atoms with Gasteiger partial charge >= 0.3 is 35.5 Å².